The van der Waals surface area contributed by atoms with Crippen LogP contribution in [0.4, 0.5) is 14.5 Å². The van der Waals surface area contributed by atoms with Crippen molar-refractivity contribution in [2.45, 2.75) is 31.4 Å². The van der Waals surface area contributed by atoms with Gasteiger partial charge >= 0.3 is 6.61 Å². The van der Waals surface area contributed by atoms with Crippen LogP contribution in [0, 0.1) is 5.92 Å². The van der Waals surface area contributed by atoms with Gasteiger partial charge in [-0.25, -0.2) is 8.42 Å². The minimum absolute atomic E-state index is 0.0623. The summed E-state index contributed by atoms with van der Waals surface area (Å²) in [6.07, 6.45) is 0. The number of anilines is 1. The highest BCUT2D eigenvalue weighted by molar-refractivity contribution is 7.89. The summed E-state index contributed by atoms with van der Waals surface area (Å²) in [6, 6.07) is 8.41. The number of benzene rings is 2. The average molecular weight is 456 g/mol. The second-order valence-electron chi connectivity index (χ2n) is 7.04. The van der Waals surface area contributed by atoms with Crippen molar-refractivity contribution >= 4 is 21.6 Å². The second-order valence-corrected chi connectivity index (χ2v) is 8.75. The molecule has 1 aliphatic heterocycles. The topological polar surface area (TPSA) is 103 Å². The molecule has 2 N–H and O–H groups in total. The normalized spacial score (nSPS) is 14.4. The number of ether oxygens (including phenoxy) is 3. The average Bonchev–Trinajstić information content (AvgIpc) is 2.72. The van der Waals surface area contributed by atoms with Gasteiger partial charge in [-0.1, -0.05) is 13.8 Å². The highest BCUT2D eigenvalue weighted by atomic mass is 32.2. The third-order valence-corrected chi connectivity index (χ3v) is 5.84. The monoisotopic (exact) mass is 456 g/mol. The lowest BCUT2D eigenvalue weighted by Crippen LogP contribution is -2.47. The predicted octanol–water partition coefficient (Wildman–Crippen LogP) is 3.00. The summed E-state index contributed by atoms with van der Waals surface area (Å²) in [7, 11) is -4.05. The Bertz CT molecular complexity index is 1030. The summed E-state index contributed by atoms with van der Waals surface area (Å²) in [4.78, 5) is 12.7. The lowest BCUT2D eigenvalue weighted by atomic mass is 10.0. The van der Waals surface area contributed by atoms with Crippen LogP contribution in [0.2, 0.25) is 0 Å². The van der Waals surface area contributed by atoms with Crippen LogP contribution in [0.5, 0.6) is 17.2 Å². The van der Waals surface area contributed by atoms with Crippen LogP contribution >= 0.6 is 0 Å². The van der Waals surface area contributed by atoms with Crippen LogP contribution in [0.15, 0.2) is 47.4 Å². The Morgan fingerprint density at radius 1 is 1.03 bits per heavy atom. The first-order valence-corrected chi connectivity index (χ1v) is 10.9. The predicted molar refractivity (Wildman–Crippen MR) is 108 cm³/mol. The van der Waals surface area contributed by atoms with Gasteiger partial charge in [0.25, 0.3) is 0 Å². The van der Waals surface area contributed by atoms with E-state index in [-0.39, 0.29) is 16.6 Å². The molecule has 1 amide bonds. The Balaban J connectivity index is 1.73. The number of carbonyl (C=O) groups is 1. The molecule has 1 aliphatic rings. The van der Waals surface area contributed by atoms with E-state index >= 15 is 0 Å². The number of alkyl halides is 2. The molecule has 0 spiro atoms. The summed E-state index contributed by atoms with van der Waals surface area (Å²) in [6.45, 7) is 1.11. The molecule has 0 aliphatic carbocycles. The molecule has 0 saturated heterocycles. The summed E-state index contributed by atoms with van der Waals surface area (Å²) < 4.78 is 67.7. The SMILES string of the molecule is CC(C)C(NS(=O)(=O)c1ccc2c(c1)OCCO2)C(=O)Nc1ccc(OC(F)F)cc1. The third-order valence-electron chi connectivity index (χ3n) is 4.40. The first-order valence-electron chi connectivity index (χ1n) is 9.43. The minimum atomic E-state index is -4.05. The van der Waals surface area contributed by atoms with E-state index in [1.807, 2.05) is 0 Å². The van der Waals surface area contributed by atoms with Crippen LogP contribution in [0.25, 0.3) is 0 Å². The first kappa shape index (κ1) is 22.8. The van der Waals surface area contributed by atoms with Crippen LogP contribution in [0.1, 0.15) is 13.8 Å². The number of halogens is 2. The molecule has 168 valence electrons. The van der Waals surface area contributed by atoms with E-state index in [2.05, 4.69) is 14.8 Å². The number of rotatable bonds is 8. The molecule has 1 heterocycles. The first-order chi connectivity index (χ1) is 14.7. The molecule has 0 radical (unpaired) electrons. The smallest absolute Gasteiger partial charge is 0.387 e. The molecular formula is C20H22F2N2O6S. The van der Waals surface area contributed by atoms with Gasteiger partial charge in [-0.2, -0.15) is 13.5 Å². The molecule has 11 heteroatoms. The van der Waals surface area contributed by atoms with Gasteiger partial charge in [-0.15, -0.1) is 0 Å². The molecule has 0 saturated carbocycles. The Hall–Kier alpha value is -2.92. The van der Waals surface area contributed by atoms with Crippen molar-refractivity contribution in [2.75, 3.05) is 18.5 Å². The number of fused-ring (bicyclic) bond motifs is 1. The van der Waals surface area contributed by atoms with Crippen molar-refractivity contribution < 1.29 is 36.2 Å². The molecule has 0 bridgehead atoms. The Morgan fingerprint density at radius 2 is 1.68 bits per heavy atom. The van der Waals surface area contributed by atoms with Crippen molar-refractivity contribution in [3.8, 4) is 17.2 Å². The van der Waals surface area contributed by atoms with Crippen molar-refractivity contribution in [2.24, 2.45) is 5.92 Å². The third kappa shape index (κ3) is 5.82. The standard InChI is InChI=1S/C20H22F2N2O6S/c1-12(2)18(19(25)23-13-3-5-14(6-4-13)30-20(21)22)24-31(26,27)15-7-8-16-17(11-15)29-10-9-28-16/h3-8,11-12,18,20,24H,9-10H2,1-2H3,(H,23,25). The maximum absolute atomic E-state index is 12.9. The minimum Gasteiger partial charge on any atom is -0.486 e. The zero-order valence-corrected chi connectivity index (χ0v) is 17.6. The van der Waals surface area contributed by atoms with Gasteiger partial charge in [0.05, 0.1) is 4.90 Å². The number of amides is 1. The van der Waals surface area contributed by atoms with E-state index in [0.717, 1.165) is 0 Å². The number of carbonyl (C=O) groups excluding carboxylic acids is 1. The van der Waals surface area contributed by atoms with E-state index in [9.17, 15) is 22.0 Å². The van der Waals surface area contributed by atoms with Gasteiger partial charge in [0.2, 0.25) is 15.9 Å². The van der Waals surface area contributed by atoms with Crippen LogP contribution in [-0.2, 0) is 14.8 Å². The fourth-order valence-corrected chi connectivity index (χ4v) is 4.22. The van der Waals surface area contributed by atoms with Gasteiger partial charge in [0.15, 0.2) is 11.5 Å². The molecule has 2 aromatic rings. The molecule has 2 aromatic carbocycles. The number of hydrogen-bond donors (Lipinski definition) is 2. The fourth-order valence-electron chi connectivity index (χ4n) is 2.86. The Labute approximate surface area is 178 Å². The van der Waals surface area contributed by atoms with Gasteiger partial charge < -0.3 is 19.5 Å². The van der Waals surface area contributed by atoms with Crippen LogP contribution in [-0.4, -0.2) is 40.2 Å². The molecule has 31 heavy (non-hydrogen) atoms. The lowest BCUT2D eigenvalue weighted by molar-refractivity contribution is -0.118. The zero-order chi connectivity index (χ0) is 22.6. The lowest BCUT2D eigenvalue weighted by Gasteiger charge is -2.23. The Kier molecular flexibility index (Phi) is 6.96. The molecule has 8 nitrogen and oxygen atoms in total. The van der Waals surface area contributed by atoms with Crippen molar-refractivity contribution in [1.29, 1.82) is 0 Å². The van der Waals surface area contributed by atoms with Crippen molar-refractivity contribution in [1.82, 2.24) is 4.72 Å². The van der Waals surface area contributed by atoms with E-state index in [4.69, 9.17) is 9.47 Å². The quantitative estimate of drug-likeness (QED) is 0.633. The summed E-state index contributed by atoms with van der Waals surface area (Å²) in [5.41, 5.74) is 0.302. The van der Waals surface area contributed by atoms with E-state index < -0.39 is 28.6 Å². The second kappa shape index (κ2) is 9.48. The highest BCUT2D eigenvalue weighted by Crippen LogP contribution is 2.32. The number of nitrogens with one attached hydrogen (secondary N) is 2. The van der Waals surface area contributed by atoms with Gasteiger partial charge in [-0.05, 0) is 42.3 Å². The van der Waals surface area contributed by atoms with Crippen LogP contribution < -0.4 is 24.2 Å². The largest absolute Gasteiger partial charge is 0.486 e. The molecule has 0 fully saturated rings. The van der Waals surface area contributed by atoms with Crippen LogP contribution in [0.3, 0.4) is 0 Å². The zero-order valence-electron chi connectivity index (χ0n) is 16.8. The Morgan fingerprint density at radius 3 is 2.29 bits per heavy atom. The summed E-state index contributed by atoms with van der Waals surface area (Å²) >= 11 is 0. The molecule has 1 atom stereocenters. The fraction of sp³-hybridized carbons (Fsp3) is 0.350. The highest BCUT2D eigenvalue weighted by Gasteiger charge is 2.29. The molecule has 3 rings (SSSR count). The number of hydrogen-bond acceptors (Lipinski definition) is 6. The number of sulfonamides is 1. The summed E-state index contributed by atoms with van der Waals surface area (Å²) in [5.74, 6) is -0.284. The summed E-state index contributed by atoms with van der Waals surface area (Å²) in [5, 5.41) is 2.57. The van der Waals surface area contributed by atoms with E-state index in [1.54, 1.807) is 13.8 Å². The van der Waals surface area contributed by atoms with Gasteiger partial charge in [-0.3, -0.25) is 4.79 Å². The van der Waals surface area contributed by atoms with Gasteiger partial charge in [0, 0.05) is 11.8 Å². The maximum Gasteiger partial charge on any atom is 0.387 e. The van der Waals surface area contributed by atoms with Gasteiger partial charge in [0.1, 0.15) is 25.0 Å². The van der Waals surface area contributed by atoms with E-state index in [0.29, 0.717) is 30.4 Å². The van der Waals surface area contributed by atoms with E-state index in [1.165, 1.54) is 42.5 Å². The molecule has 0 aromatic heterocycles. The molecular weight excluding hydrogens is 434 g/mol. The van der Waals surface area contributed by atoms with Crippen molar-refractivity contribution in [3.05, 3.63) is 42.5 Å². The van der Waals surface area contributed by atoms with Crippen molar-refractivity contribution in [3.63, 3.8) is 0 Å². The molecule has 1 unspecified atom stereocenters. The maximum atomic E-state index is 12.9.